The van der Waals surface area contributed by atoms with Crippen LogP contribution in [0, 0.1) is 13.8 Å². The number of phenols is 1. The summed E-state index contributed by atoms with van der Waals surface area (Å²) in [5.41, 5.74) is 8.46. The molecule has 0 aliphatic rings. The van der Waals surface area contributed by atoms with Crippen molar-refractivity contribution >= 4 is 5.84 Å². The smallest absolute Gasteiger partial charge is 0.121 e. The van der Waals surface area contributed by atoms with E-state index in [1.165, 1.54) is 0 Å². The van der Waals surface area contributed by atoms with E-state index in [1.54, 1.807) is 6.92 Å². The number of nitrogens with two attached hydrogens (primary N) is 1. The molecule has 0 radical (unpaired) electrons. The Hall–Kier alpha value is -1.51. The molecule has 0 amide bonds. The molecule has 0 aliphatic carbocycles. The minimum absolute atomic E-state index is 0.380. The molecule has 0 saturated carbocycles. The second-order valence-corrected chi connectivity index (χ2v) is 3.86. The van der Waals surface area contributed by atoms with E-state index in [0.29, 0.717) is 18.1 Å². The molecule has 0 heterocycles. The molecule has 1 rings (SSSR count). The zero-order valence-corrected chi connectivity index (χ0v) is 9.54. The molecular formula is C12H18N2O. The van der Waals surface area contributed by atoms with Crippen molar-refractivity contribution in [2.75, 3.05) is 6.54 Å². The van der Waals surface area contributed by atoms with Crippen molar-refractivity contribution in [1.82, 2.24) is 0 Å². The van der Waals surface area contributed by atoms with E-state index >= 15 is 0 Å². The van der Waals surface area contributed by atoms with Crippen molar-refractivity contribution < 1.29 is 5.11 Å². The summed E-state index contributed by atoms with van der Waals surface area (Å²) in [4.78, 5) is 4.10. The largest absolute Gasteiger partial charge is 0.507 e. The molecule has 1 aromatic rings. The topological polar surface area (TPSA) is 58.6 Å². The van der Waals surface area contributed by atoms with Crippen LogP contribution in [0.2, 0.25) is 0 Å². The van der Waals surface area contributed by atoms with Crippen molar-refractivity contribution in [1.29, 1.82) is 0 Å². The van der Waals surface area contributed by atoms with Gasteiger partial charge in [0.25, 0.3) is 0 Å². The molecule has 0 bridgehead atoms. The average Bonchev–Trinajstić information content (AvgIpc) is 2.12. The van der Waals surface area contributed by atoms with E-state index < -0.39 is 0 Å². The first-order chi connectivity index (χ1) is 7.00. The number of benzene rings is 1. The SMILES string of the molecule is CC(N)=NCCc1cc(C)cc(C)c1O. The highest BCUT2D eigenvalue weighted by Crippen LogP contribution is 2.23. The van der Waals surface area contributed by atoms with Crippen LogP contribution in [-0.4, -0.2) is 17.5 Å². The van der Waals surface area contributed by atoms with Crippen LogP contribution in [0.3, 0.4) is 0 Å². The van der Waals surface area contributed by atoms with Gasteiger partial charge in [-0.25, -0.2) is 0 Å². The van der Waals surface area contributed by atoms with Crippen LogP contribution in [0.5, 0.6) is 5.75 Å². The maximum Gasteiger partial charge on any atom is 0.121 e. The number of rotatable bonds is 3. The lowest BCUT2D eigenvalue weighted by molar-refractivity contribution is 0.464. The quantitative estimate of drug-likeness (QED) is 0.586. The van der Waals surface area contributed by atoms with Crippen LogP contribution in [0.15, 0.2) is 17.1 Å². The van der Waals surface area contributed by atoms with Gasteiger partial charge in [-0.3, -0.25) is 4.99 Å². The predicted molar refractivity (Wildman–Crippen MR) is 63.4 cm³/mol. The van der Waals surface area contributed by atoms with Crippen molar-refractivity contribution in [3.63, 3.8) is 0 Å². The molecule has 15 heavy (non-hydrogen) atoms. The molecule has 0 saturated heterocycles. The molecule has 82 valence electrons. The van der Waals surface area contributed by atoms with Gasteiger partial charge in [0.05, 0.1) is 5.84 Å². The Balaban J connectivity index is 2.81. The first-order valence-corrected chi connectivity index (χ1v) is 5.06. The summed E-state index contributed by atoms with van der Waals surface area (Å²) in [6, 6.07) is 3.96. The molecule has 1 aromatic carbocycles. The maximum absolute atomic E-state index is 9.81. The predicted octanol–water partition coefficient (Wildman–Crippen LogP) is 1.93. The lowest BCUT2D eigenvalue weighted by Crippen LogP contribution is -2.06. The van der Waals surface area contributed by atoms with Gasteiger partial charge in [-0.15, -0.1) is 0 Å². The Morgan fingerprint density at radius 1 is 1.40 bits per heavy atom. The highest BCUT2D eigenvalue weighted by atomic mass is 16.3. The molecule has 3 nitrogen and oxygen atoms in total. The Morgan fingerprint density at radius 3 is 2.67 bits per heavy atom. The van der Waals surface area contributed by atoms with Crippen molar-refractivity contribution in [2.45, 2.75) is 27.2 Å². The summed E-state index contributed by atoms with van der Waals surface area (Å²) in [7, 11) is 0. The van der Waals surface area contributed by atoms with Gasteiger partial charge >= 0.3 is 0 Å². The van der Waals surface area contributed by atoms with Gasteiger partial charge in [0.15, 0.2) is 0 Å². The normalized spacial score (nSPS) is 11.8. The third-order valence-electron chi connectivity index (χ3n) is 2.27. The summed E-state index contributed by atoms with van der Waals surface area (Å²) in [5.74, 6) is 0.962. The Labute approximate surface area is 90.7 Å². The number of aromatic hydroxyl groups is 1. The zero-order valence-electron chi connectivity index (χ0n) is 9.54. The third-order valence-corrected chi connectivity index (χ3v) is 2.27. The van der Waals surface area contributed by atoms with Crippen LogP contribution in [0.25, 0.3) is 0 Å². The lowest BCUT2D eigenvalue weighted by Gasteiger charge is -2.07. The second kappa shape index (κ2) is 4.82. The van der Waals surface area contributed by atoms with Crippen molar-refractivity contribution in [2.24, 2.45) is 10.7 Å². The first kappa shape index (κ1) is 11.6. The molecule has 0 aliphatic heterocycles. The van der Waals surface area contributed by atoms with Crippen molar-refractivity contribution in [3.05, 3.63) is 28.8 Å². The van der Waals surface area contributed by atoms with Gasteiger partial charge in [0.1, 0.15) is 5.75 Å². The fourth-order valence-corrected chi connectivity index (χ4v) is 1.59. The first-order valence-electron chi connectivity index (χ1n) is 5.06. The van der Waals surface area contributed by atoms with Gasteiger partial charge in [-0.1, -0.05) is 17.7 Å². The van der Waals surface area contributed by atoms with Gasteiger partial charge < -0.3 is 10.8 Å². The van der Waals surface area contributed by atoms with Gasteiger partial charge in [-0.05, 0) is 38.3 Å². The van der Waals surface area contributed by atoms with Gasteiger partial charge in [0.2, 0.25) is 0 Å². The fourth-order valence-electron chi connectivity index (χ4n) is 1.59. The molecule has 0 spiro atoms. The lowest BCUT2D eigenvalue weighted by atomic mass is 10.0. The Bertz CT molecular complexity index is 379. The molecule has 3 N–H and O–H groups in total. The number of phenolic OH excluding ortho intramolecular Hbond substituents is 1. The summed E-state index contributed by atoms with van der Waals surface area (Å²) in [6.07, 6.45) is 0.725. The van der Waals surface area contributed by atoms with Gasteiger partial charge in [0, 0.05) is 6.54 Å². The Morgan fingerprint density at radius 2 is 2.07 bits per heavy atom. The Kier molecular flexibility index (Phi) is 3.72. The maximum atomic E-state index is 9.81. The summed E-state index contributed by atoms with van der Waals surface area (Å²) in [5, 5.41) is 9.81. The standard InChI is InChI=1S/C12H18N2O/c1-8-6-9(2)12(15)11(7-8)4-5-14-10(3)13/h6-7,15H,4-5H2,1-3H3,(H2,13,14). The fraction of sp³-hybridized carbons (Fsp3) is 0.417. The monoisotopic (exact) mass is 206 g/mol. The minimum Gasteiger partial charge on any atom is -0.507 e. The summed E-state index contributed by atoms with van der Waals surface area (Å²) >= 11 is 0. The number of hydrogen-bond acceptors (Lipinski definition) is 2. The summed E-state index contributed by atoms with van der Waals surface area (Å²) < 4.78 is 0. The molecular weight excluding hydrogens is 188 g/mol. The van der Waals surface area contributed by atoms with E-state index in [1.807, 2.05) is 26.0 Å². The molecule has 0 fully saturated rings. The molecule has 0 atom stereocenters. The number of aliphatic imine (C=N–C) groups is 1. The highest BCUT2D eigenvalue weighted by molar-refractivity contribution is 5.77. The van der Waals surface area contributed by atoms with E-state index in [2.05, 4.69) is 4.99 Å². The number of aryl methyl sites for hydroxylation is 2. The van der Waals surface area contributed by atoms with Crippen LogP contribution in [-0.2, 0) is 6.42 Å². The number of hydrogen-bond donors (Lipinski definition) is 2. The van der Waals surface area contributed by atoms with Crippen molar-refractivity contribution in [3.8, 4) is 5.75 Å². The highest BCUT2D eigenvalue weighted by Gasteiger charge is 2.04. The van der Waals surface area contributed by atoms with Gasteiger partial charge in [-0.2, -0.15) is 0 Å². The van der Waals surface area contributed by atoms with E-state index in [4.69, 9.17) is 5.73 Å². The second-order valence-electron chi connectivity index (χ2n) is 3.86. The number of amidine groups is 1. The number of nitrogens with zero attached hydrogens (tertiary/aromatic N) is 1. The molecule has 0 aromatic heterocycles. The van der Waals surface area contributed by atoms with E-state index in [0.717, 1.165) is 23.1 Å². The zero-order chi connectivity index (χ0) is 11.4. The van der Waals surface area contributed by atoms with E-state index in [-0.39, 0.29) is 0 Å². The molecule has 3 heteroatoms. The van der Waals surface area contributed by atoms with Crippen LogP contribution >= 0.6 is 0 Å². The minimum atomic E-state index is 0.380. The molecule has 0 unspecified atom stereocenters. The third kappa shape index (κ3) is 3.27. The average molecular weight is 206 g/mol. The summed E-state index contributed by atoms with van der Waals surface area (Å²) in [6.45, 7) is 6.32. The van der Waals surface area contributed by atoms with Crippen LogP contribution in [0.1, 0.15) is 23.6 Å². The van der Waals surface area contributed by atoms with Crippen LogP contribution < -0.4 is 5.73 Å². The van der Waals surface area contributed by atoms with E-state index in [9.17, 15) is 5.11 Å². The van der Waals surface area contributed by atoms with Crippen LogP contribution in [0.4, 0.5) is 0 Å².